The predicted molar refractivity (Wildman–Crippen MR) is 72.8 cm³/mol. The van der Waals surface area contributed by atoms with Gasteiger partial charge in [0.05, 0.1) is 6.04 Å². The Labute approximate surface area is 127 Å². The normalized spacial score (nSPS) is 23.2. The number of esters is 2. The Bertz CT molecular complexity index is 465. The minimum Gasteiger partial charge on any atom is -0.480 e. The zero-order valence-corrected chi connectivity index (χ0v) is 12.6. The van der Waals surface area contributed by atoms with Crippen LogP contribution in [-0.4, -0.2) is 59.8 Å². The van der Waals surface area contributed by atoms with Crippen LogP contribution in [0.25, 0.3) is 0 Å². The van der Waals surface area contributed by atoms with Crippen molar-refractivity contribution in [2.45, 2.75) is 51.5 Å². The van der Waals surface area contributed by atoms with E-state index < -0.39 is 48.1 Å². The molecule has 9 nitrogen and oxygen atoms in total. The second kappa shape index (κ2) is 7.74. The maximum absolute atomic E-state index is 12.1. The molecule has 0 aromatic carbocycles. The van der Waals surface area contributed by atoms with Gasteiger partial charge in [0.2, 0.25) is 5.91 Å². The summed E-state index contributed by atoms with van der Waals surface area (Å²) in [7, 11) is 0. The third-order valence-corrected chi connectivity index (χ3v) is 3.12. The quantitative estimate of drug-likeness (QED) is 0.521. The van der Waals surface area contributed by atoms with Gasteiger partial charge in [-0.3, -0.25) is 14.4 Å². The summed E-state index contributed by atoms with van der Waals surface area (Å²) in [4.78, 5) is 45.0. The molecule has 1 saturated heterocycles. The monoisotopic (exact) mass is 316 g/mol. The van der Waals surface area contributed by atoms with Gasteiger partial charge in [-0.25, -0.2) is 4.79 Å². The topological polar surface area (TPSA) is 131 Å². The summed E-state index contributed by atoms with van der Waals surface area (Å²) in [5, 5.41) is 14.3. The maximum atomic E-state index is 12.1. The molecule has 1 amide bonds. The molecule has 0 aromatic rings. The lowest BCUT2D eigenvalue weighted by atomic mass is 10.1. The molecule has 124 valence electrons. The van der Waals surface area contributed by atoms with E-state index in [1.54, 1.807) is 0 Å². The number of ether oxygens (including phenoxy) is 2. The summed E-state index contributed by atoms with van der Waals surface area (Å²) < 4.78 is 9.76. The molecule has 0 bridgehead atoms. The minimum atomic E-state index is -1.36. The molecule has 22 heavy (non-hydrogen) atoms. The van der Waals surface area contributed by atoms with Crippen molar-refractivity contribution in [1.82, 2.24) is 10.6 Å². The van der Waals surface area contributed by atoms with Gasteiger partial charge >= 0.3 is 17.9 Å². The molecule has 0 aromatic heterocycles. The second-order valence-corrected chi connectivity index (χ2v) is 5.07. The number of rotatable bonds is 6. The smallest absolute Gasteiger partial charge is 0.330 e. The molecule has 1 heterocycles. The Morgan fingerprint density at radius 3 is 2.36 bits per heavy atom. The van der Waals surface area contributed by atoms with Crippen molar-refractivity contribution < 1.29 is 33.8 Å². The van der Waals surface area contributed by atoms with E-state index in [0.29, 0.717) is 6.54 Å². The fourth-order valence-corrected chi connectivity index (χ4v) is 2.19. The maximum Gasteiger partial charge on any atom is 0.330 e. The first-order chi connectivity index (χ1) is 10.2. The van der Waals surface area contributed by atoms with Gasteiger partial charge < -0.3 is 25.2 Å². The number of hydrogen-bond donors (Lipinski definition) is 3. The van der Waals surface area contributed by atoms with Gasteiger partial charge in [-0.05, 0) is 6.92 Å². The molecule has 1 aliphatic heterocycles. The standard InChI is InChI=1S/C13H20N2O7/c1-6(21-7(2)16)11(13(19)20)15-12(18)10-4-9(5-14-10)22-8(3)17/h6,9-11,14H,4-5H2,1-3H3,(H,15,18)(H,19,20)/t6-,9-,10+,11+/m1/s1. The van der Waals surface area contributed by atoms with E-state index in [2.05, 4.69) is 10.6 Å². The number of carboxylic acids is 1. The van der Waals surface area contributed by atoms with E-state index in [9.17, 15) is 19.2 Å². The third kappa shape index (κ3) is 5.32. The highest BCUT2D eigenvalue weighted by molar-refractivity contribution is 5.87. The van der Waals surface area contributed by atoms with Crippen molar-refractivity contribution in [2.75, 3.05) is 6.54 Å². The van der Waals surface area contributed by atoms with E-state index in [0.717, 1.165) is 6.92 Å². The van der Waals surface area contributed by atoms with Crippen molar-refractivity contribution in [3.8, 4) is 0 Å². The number of hydrogen-bond acceptors (Lipinski definition) is 7. The summed E-state index contributed by atoms with van der Waals surface area (Å²) >= 11 is 0. The average Bonchev–Trinajstić information content (AvgIpc) is 2.81. The summed E-state index contributed by atoms with van der Waals surface area (Å²) in [5.74, 6) is -2.95. The summed E-state index contributed by atoms with van der Waals surface area (Å²) in [6.07, 6.45) is -1.19. The van der Waals surface area contributed by atoms with Crippen LogP contribution in [-0.2, 0) is 28.7 Å². The lowest BCUT2D eigenvalue weighted by molar-refractivity contribution is -0.154. The van der Waals surface area contributed by atoms with Crippen LogP contribution in [0.2, 0.25) is 0 Å². The molecular weight excluding hydrogens is 296 g/mol. The van der Waals surface area contributed by atoms with Crippen molar-refractivity contribution >= 4 is 23.8 Å². The van der Waals surface area contributed by atoms with Crippen molar-refractivity contribution in [1.29, 1.82) is 0 Å². The summed E-state index contributed by atoms with van der Waals surface area (Å²) in [6.45, 7) is 4.12. The lowest BCUT2D eigenvalue weighted by Gasteiger charge is -2.22. The van der Waals surface area contributed by atoms with Gasteiger partial charge in [0.15, 0.2) is 6.04 Å². The highest BCUT2D eigenvalue weighted by atomic mass is 16.5. The number of nitrogens with one attached hydrogen (secondary N) is 2. The molecular formula is C13H20N2O7. The van der Waals surface area contributed by atoms with Crippen molar-refractivity contribution in [2.24, 2.45) is 0 Å². The largest absolute Gasteiger partial charge is 0.480 e. The third-order valence-electron chi connectivity index (χ3n) is 3.12. The van der Waals surface area contributed by atoms with Gasteiger partial charge in [-0.1, -0.05) is 0 Å². The van der Waals surface area contributed by atoms with Gasteiger partial charge in [0.25, 0.3) is 0 Å². The van der Waals surface area contributed by atoms with Crippen LogP contribution in [0.15, 0.2) is 0 Å². The van der Waals surface area contributed by atoms with Crippen LogP contribution in [0.5, 0.6) is 0 Å². The van der Waals surface area contributed by atoms with E-state index in [-0.39, 0.29) is 6.42 Å². The molecule has 0 aliphatic carbocycles. The van der Waals surface area contributed by atoms with Crippen LogP contribution in [0.3, 0.4) is 0 Å². The zero-order valence-electron chi connectivity index (χ0n) is 12.6. The highest BCUT2D eigenvalue weighted by Crippen LogP contribution is 2.11. The van der Waals surface area contributed by atoms with Crippen LogP contribution in [0, 0.1) is 0 Å². The molecule has 0 radical (unpaired) electrons. The zero-order chi connectivity index (χ0) is 16.9. The molecule has 0 unspecified atom stereocenters. The molecule has 1 fully saturated rings. The van der Waals surface area contributed by atoms with Gasteiger partial charge in [0.1, 0.15) is 12.2 Å². The van der Waals surface area contributed by atoms with Crippen molar-refractivity contribution in [3.63, 3.8) is 0 Å². The highest BCUT2D eigenvalue weighted by Gasteiger charge is 2.35. The Hall–Kier alpha value is -2.16. The van der Waals surface area contributed by atoms with Crippen LogP contribution >= 0.6 is 0 Å². The van der Waals surface area contributed by atoms with Gasteiger partial charge in [-0.2, -0.15) is 0 Å². The Morgan fingerprint density at radius 2 is 1.86 bits per heavy atom. The molecule has 9 heteroatoms. The Kier molecular flexibility index (Phi) is 6.29. The van der Waals surface area contributed by atoms with E-state index in [1.165, 1.54) is 13.8 Å². The molecule has 1 rings (SSSR count). The van der Waals surface area contributed by atoms with E-state index >= 15 is 0 Å². The lowest BCUT2D eigenvalue weighted by Crippen LogP contribution is -2.53. The first-order valence-electron chi connectivity index (χ1n) is 6.81. The van der Waals surface area contributed by atoms with E-state index in [1.807, 2.05) is 0 Å². The molecule has 1 aliphatic rings. The van der Waals surface area contributed by atoms with Crippen LogP contribution < -0.4 is 10.6 Å². The molecule has 3 N–H and O–H groups in total. The Balaban J connectivity index is 2.59. The SMILES string of the molecule is CC(=O)O[C@H]1CN[C@H](C(=O)N[C@H](C(=O)O)[C@@H](C)OC(C)=O)C1. The van der Waals surface area contributed by atoms with Crippen molar-refractivity contribution in [3.05, 3.63) is 0 Å². The molecule has 0 spiro atoms. The van der Waals surface area contributed by atoms with Gasteiger partial charge in [-0.15, -0.1) is 0 Å². The Morgan fingerprint density at radius 1 is 1.23 bits per heavy atom. The van der Waals surface area contributed by atoms with Gasteiger partial charge in [0, 0.05) is 26.8 Å². The average molecular weight is 316 g/mol. The fourth-order valence-electron chi connectivity index (χ4n) is 2.19. The van der Waals surface area contributed by atoms with E-state index in [4.69, 9.17) is 14.6 Å². The minimum absolute atomic E-state index is 0.250. The number of aliphatic carboxylic acids is 1. The fraction of sp³-hybridized carbons (Fsp3) is 0.692. The van der Waals surface area contributed by atoms with Crippen LogP contribution in [0.4, 0.5) is 0 Å². The summed E-state index contributed by atoms with van der Waals surface area (Å²) in [6, 6.07) is -2.03. The number of carbonyl (C=O) groups is 4. The second-order valence-electron chi connectivity index (χ2n) is 5.07. The van der Waals surface area contributed by atoms with Crippen LogP contribution in [0.1, 0.15) is 27.2 Å². The number of carboxylic acid groups (broad SMARTS) is 1. The molecule has 4 atom stereocenters. The predicted octanol–water partition coefficient (Wildman–Crippen LogP) is -1.20. The number of carbonyl (C=O) groups excluding carboxylic acids is 3. The summed E-state index contributed by atoms with van der Waals surface area (Å²) in [5.41, 5.74) is 0. The first-order valence-corrected chi connectivity index (χ1v) is 6.81. The number of amides is 1. The molecule has 0 saturated carbocycles. The first kappa shape index (κ1) is 17.9.